The molecule has 1 aliphatic heterocycles. The number of nitrogens with zero attached hydrogens (tertiary/aromatic N) is 4. The van der Waals surface area contributed by atoms with Crippen molar-refractivity contribution in [2.45, 2.75) is 12.8 Å². The maximum absolute atomic E-state index is 14.2. The van der Waals surface area contributed by atoms with Gasteiger partial charge >= 0.3 is 0 Å². The van der Waals surface area contributed by atoms with E-state index in [9.17, 15) is 9.18 Å². The van der Waals surface area contributed by atoms with Gasteiger partial charge in [0.1, 0.15) is 23.6 Å². The molecule has 5 rings (SSSR count). The number of nitrogens with two attached hydrogens (primary N) is 1. The molecule has 0 fully saturated rings. The van der Waals surface area contributed by atoms with Crippen molar-refractivity contribution in [2.75, 3.05) is 17.2 Å². The number of aromatic nitrogens is 3. The first kappa shape index (κ1) is 19.5. The molecule has 0 bridgehead atoms. The van der Waals surface area contributed by atoms with Gasteiger partial charge in [0.2, 0.25) is 5.91 Å². The second-order valence-electron chi connectivity index (χ2n) is 7.64. The maximum Gasteiger partial charge on any atom is 0.231 e. The quantitative estimate of drug-likeness (QED) is 0.524. The van der Waals surface area contributed by atoms with Gasteiger partial charge in [-0.05, 0) is 41.3 Å². The lowest BCUT2D eigenvalue weighted by atomic mass is 10.0. The van der Waals surface area contributed by atoms with Crippen LogP contribution in [0.5, 0.6) is 0 Å². The number of amides is 1. The summed E-state index contributed by atoms with van der Waals surface area (Å²) in [6, 6.07) is 10.7. The molecular formula is C23H19ClFN5O. The van der Waals surface area contributed by atoms with E-state index in [0.29, 0.717) is 17.9 Å². The Hall–Kier alpha value is -3.45. The summed E-state index contributed by atoms with van der Waals surface area (Å²) in [6.07, 6.45) is 4.13. The number of anilines is 2. The van der Waals surface area contributed by atoms with Gasteiger partial charge in [-0.2, -0.15) is 0 Å². The zero-order valence-corrected chi connectivity index (χ0v) is 17.5. The molecule has 2 aromatic carbocycles. The van der Waals surface area contributed by atoms with Crippen LogP contribution in [0.1, 0.15) is 11.1 Å². The molecule has 6 nitrogen and oxygen atoms in total. The average molecular weight is 436 g/mol. The van der Waals surface area contributed by atoms with E-state index in [1.807, 2.05) is 29.9 Å². The summed E-state index contributed by atoms with van der Waals surface area (Å²) in [7, 11) is 1.92. The van der Waals surface area contributed by atoms with E-state index in [1.165, 1.54) is 12.4 Å². The summed E-state index contributed by atoms with van der Waals surface area (Å²) in [4.78, 5) is 23.1. The van der Waals surface area contributed by atoms with E-state index in [0.717, 1.165) is 39.8 Å². The normalized spacial score (nSPS) is 13.1. The third-order valence-electron chi connectivity index (χ3n) is 5.74. The molecule has 1 aliphatic rings. The molecule has 0 spiro atoms. The second kappa shape index (κ2) is 7.35. The first-order valence-electron chi connectivity index (χ1n) is 9.86. The summed E-state index contributed by atoms with van der Waals surface area (Å²) in [5, 5.41) is 0.836. The Balaban J connectivity index is 1.47. The molecule has 2 aromatic heterocycles. The highest BCUT2D eigenvalue weighted by atomic mass is 35.5. The number of halogens is 2. The van der Waals surface area contributed by atoms with E-state index in [2.05, 4.69) is 16.0 Å². The standard InChI is InChI=1S/C23H19ClFN5O/c1-29-11-16(20-22(26)27-12-28-23(20)29)13-5-6-18-14(9-13)7-8-30(18)19(31)10-15-3-2-4-17(24)21(15)25/h2-6,9,11-12H,7-8,10H2,1H3,(H2,26,27,28). The Morgan fingerprint density at radius 1 is 1.26 bits per heavy atom. The Bertz CT molecular complexity index is 1350. The Morgan fingerprint density at radius 2 is 2.10 bits per heavy atom. The number of aryl methyl sites for hydroxylation is 1. The molecule has 31 heavy (non-hydrogen) atoms. The monoisotopic (exact) mass is 435 g/mol. The van der Waals surface area contributed by atoms with E-state index in [1.54, 1.807) is 17.0 Å². The number of carbonyl (C=O) groups excluding carboxylic acids is 1. The van der Waals surface area contributed by atoms with E-state index < -0.39 is 5.82 Å². The van der Waals surface area contributed by atoms with Crippen LogP contribution in [0.4, 0.5) is 15.9 Å². The van der Waals surface area contributed by atoms with Gasteiger partial charge in [-0.1, -0.05) is 29.8 Å². The van der Waals surface area contributed by atoms with Crippen LogP contribution < -0.4 is 10.6 Å². The van der Waals surface area contributed by atoms with Gasteiger partial charge in [0, 0.05) is 31.0 Å². The lowest BCUT2D eigenvalue weighted by Gasteiger charge is -2.18. The highest BCUT2D eigenvalue weighted by molar-refractivity contribution is 6.30. The van der Waals surface area contributed by atoms with E-state index in [4.69, 9.17) is 17.3 Å². The topological polar surface area (TPSA) is 77.0 Å². The lowest BCUT2D eigenvalue weighted by molar-refractivity contribution is -0.117. The molecule has 0 saturated carbocycles. The van der Waals surface area contributed by atoms with Gasteiger partial charge in [0.15, 0.2) is 0 Å². The lowest BCUT2D eigenvalue weighted by Crippen LogP contribution is -2.30. The highest BCUT2D eigenvalue weighted by Gasteiger charge is 2.26. The van der Waals surface area contributed by atoms with Crippen molar-refractivity contribution in [1.82, 2.24) is 14.5 Å². The van der Waals surface area contributed by atoms with Crippen molar-refractivity contribution < 1.29 is 9.18 Å². The fourth-order valence-corrected chi connectivity index (χ4v) is 4.42. The molecule has 0 atom stereocenters. The average Bonchev–Trinajstić information content (AvgIpc) is 3.33. The minimum absolute atomic E-state index is 0.0232. The maximum atomic E-state index is 14.2. The third kappa shape index (κ3) is 3.21. The minimum atomic E-state index is -0.539. The fourth-order valence-electron chi connectivity index (χ4n) is 4.23. The van der Waals surface area contributed by atoms with Gasteiger partial charge in [-0.15, -0.1) is 0 Å². The smallest absolute Gasteiger partial charge is 0.231 e. The molecular weight excluding hydrogens is 417 g/mol. The number of benzene rings is 2. The Labute approximate surface area is 183 Å². The molecule has 3 heterocycles. The molecule has 8 heteroatoms. The van der Waals surface area contributed by atoms with Crippen LogP contribution in [0.3, 0.4) is 0 Å². The summed E-state index contributed by atoms with van der Waals surface area (Å²) in [5.41, 5.74) is 11.0. The van der Waals surface area contributed by atoms with Gasteiger partial charge in [-0.3, -0.25) is 4.79 Å². The number of rotatable bonds is 3. The van der Waals surface area contributed by atoms with Gasteiger partial charge < -0.3 is 15.2 Å². The van der Waals surface area contributed by atoms with Crippen LogP contribution >= 0.6 is 11.6 Å². The molecule has 1 amide bonds. The first-order chi connectivity index (χ1) is 14.9. The van der Waals surface area contributed by atoms with Crippen LogP contribution in [0.2, 0.25) is 5.02 Å². The van der Waals surface area contributed by atoms with Crippen LogP contribution in [0.15, 0.2) is 48.9 Å². The molecule has 0 saturated heterocycles. The van der Waals surface area contributed by atoms with Crippen LogP contribution in [0, 0.1) is 5.82 Å². The van der Waals surface area contributed by atoms with Crippen molar-refractivity contribution in [2.24, 2.45) is 7.05 Å². The first-order valence-corrected chi connectivity index (χ1v) is 10.2. The third-order valence-corrected chi connectivity index (χ3v) is 6.04. The van der Waals surface area contributed by atoms with E-state index in [-0.39, 0.29) is 17.4 Å². The molecule has 0 unspecified atom stereocenters. The second-order valence-corrected chi connectivity index (χ2v) is 8.05. The van der Waals surface area contributed by atoms with Crippen molar-refractivity contribution in [3.05, 3.63) is 70.9 Å². The fraction of sp³-hybridized carbons (Fsp3) is 0.174. The number of hydrogen-bond acceptors (Lipinski definition) is 4. The molecule has 156 valence electrons. The number of fused-ring (bicyclic) bond motifs is 2. The molecule has 0 radical (unpaired) electrons. The number of nitrogen functional groups attached to an aromatic ring is 1. The van der Waals surface area contributed by atoms with Gasteiger partial charge in [0.25, 0.3) is 0 Å². The summed E-state index contributed by atoms with van der Waals surface area (Å²) in [6.45, 7) is 0.556. The van der Waals surface area contributed by atoms with E-state index >= 15 is 0 Å². The van der Waals surface area contributed by atoms with Crippen molar-refractivity contribution in [1.29, 1.82) is 0 Å². The summed E-state index contributed by atoms with van der Waals surface area (Å²) in [5.74, 6) is -0.264. The Kier molecular flexibility index (Phi) is 4.63. The van der Waals surface area contributed by atoms with Crippen molar-refractivity contribution >= 4 is 40.0 Å². The number of carbonyl (C=O) groups is 1. The molecule has 2 N–H and O–H groups in total. The van der Waals surface area contributed by atoms with Crippen molar-refractivity contribution in [3.63, 3.8) is 0 Å². The van der Waals surface area contributed by atoms with Gasteiger partial charge in [0.05, 0.1) is 16.8 Å². The predicted molar refractivity (Wildman–Crippen MR) is 120 cm³/mol. The summed E-state index contributed by atoms with van der Waals surface area (Å²) >= 11 is 5.85. The van der Waals surface area contributed by atoms with Crippen LogP contribution in [-0.2, 0) is 24.7 Å². The minimum Gasteiger partial charge on any atom is -0.383 e. The Morgan fingerprint density at radius 3 is 2.94 bits per heavy atom. The summed E-state index contributed by atoms with van der Waals surface area (Å²) < 4.78 is 16.1. The highest BCUT2D eigenvalue weighted by Crippen LogP contribution is 2.37. The van der Waals surface area contributed by atoms with Crippen LogP contribution in [-0.4, -0.2) is 27.0 Å². The van der Waals surface area contributed by atoms with Crippen molar-refractivity contribution in [3.8, 4) is 11.1 Å². The van der Waals surface area contributed by atoms with Crippen LogP contribution in [0.25, 0.3) is 22.2 Å². The zero-order valence-electron chi connectivity index (χ0n) is 16.8. The molecule has 4 aromatic rings. The predicted octanol–water partition coefficient (Wildman–Crippen LogP) is 4.14. The SMILES string of the molecule is Cn1cc(-c2ccc3c(c2)CCN3C(=O)Cc2cccc(Cl)c2F)c2c(N)ncnc21. The largest absolute Gasteiger partial charge is 0.383 e. The zero-order chi connectivity index (χ0) is 21.7. The van der Waals surface area contributed by atoms with Gasteiger partial charge in [-0.25, -0.2) is 14.4 Å². The number of hydrogen-bond donors (Lipinski definition) is 1. The molecule has 0 aliphatic carbocycles.